The number of nitrogens with zero attached hydrogens (tertiary/aromatic N) is 1. The molecule has 0 fully saturated rings. The van der Waals surface area contributed by atoms with Crippen LogP contribution in [-0.4, -0.2) is 8.42 Å². The highest BCUT2D eigenvalue weighted by atomic mass is 35.5. The molecular formula is C12H9ClNO2S-. The van der Waals surface area contributed by atoms with E-state index in [1.165, 1.54) is 12.1 Å². The average Bonchev–Trinajstić information content (AvgIpc) is 2.33. The van der Waals surface area contributed by atoms with E-state index in [-0.39, 0.29) is 10.6 Å². The van der Waals surface area contributed by atoms with Crippen molar-refractivity contribution in [2.24, 2.45) is 0 Å². The monoisotopic (exact) mass is 266 g/mol. The second-order valence-electron chi connectivity index (χ2n) is 3.33. The summed E-state index contributed by atoms with van der Waals surface area (Å²) in [4.78, 5) is 0.153. The van der Waals surface area contributed by atoms with E-state index in [9.17, 15) is 8.42 Å². The van der Waals surface area contributed by atoms with Crippen LogP contribution in [0, 0.1) is 0 Å². The predicted molar refractivity (Wildman–Crippen MR) is 68.1 cm³/mol. The van der Waals surface area contributed by atoms with Gasteiger partial charge in [-0.2, -0.15) is 0 Å². The Labute approximate surface area is 105 Å². The molecule has 0 bridgehead atoms. The zero-order valence-corrected chi connectivity index (χ0v) is 10.3. The van der Waals surface area contributed by atoms with Crippen molar-refractivity contribution in [2.45, 2.75) is 4.90 Å². The number of halogens is 1. The third-order valence-corrected chi connectivity index (χ3v) is 3.74. The quantitative estimate of drug-likeness (QED) is 0.850. The van der Waals surface area contributed by atoms with Gasteiger partial charge in [0, 0.05) is 5.02 Å². The molecule has 2 aromatic rings. The molecule has 0 radical (unpaired) electrons. The minimum absolute atomic E-state index is 0.153. The smallest absolute Gasteiger partial charge is 0.123 e. The molecule has 0 N–H and O–H groups in total. The van der Waals surface area contributed by atoms with Gasteiger partial charge < -0.3 is 4.72 Å². The van der Waals surface area contributed by atoms with Crippen LogP contribution in [-0.2, 0) is 10.0 Å². The number of rotatable bonds is 3. The predicted octanol–water partition coefficient (Wildman–Crippen LogP) is 3.73. The van der Waals surface area contributed by atoms with Gasteiger partial charge in [-0.15, -0.1) is 5.69 Å². The van der Waals surface area contributed by atoms with Crippen molar-refractivity contribution in [2.75, 3.05) is 0 Å². The van der Waals surface area contributed by atoms with Crippen LogP contribution in [0.2, 0.25) is 5.02 Å². The van der Waals surface area contributed by atoms with Crippen molar-refractivity contribution in [3.63, 3.8) is 0 Å². The Balaban J connectivity index is 2.34. The Morgan fingerprint density at radius 2 is 1.47 bits per heavy atom. The third-order valence-electron chi connectivity index (χ3n) is 2.11. The van der Waals surface area contributed by atoms with Gasteiger partial charge in [0.15, 0.2) is 0 Å². The fourth-order valence-corrected chi connectivity index (χ4v) is 2.55. The summed E-state index contributed by atoms with van der Waals surface area (Å²) in [7, 11) is -3.70. The Morgan fingerprint density at radius 3 is 2.12 bits per heavy atom. The normalized spacial score (nSPS) is 11.1. The van der Waals surface area contributed by atoms with Gasteiger partial charge in [0.25, 0.3) is 0 Å². The van der Waals surface area contributed by atoms with E-state index < -0.39 is 10.0 Å². The van der Waals surface area contributed by atoms with Crippen molar-refractivity contribution in [3.8, 4) is 0 Å². The minimum atomic E-state index is -3.70. The molecule has 0 atom stereocenters. The highest BCUT2D eigenvalue weighted by Gasteiger charge is 2.04. The maximum atomic E-state index is 11.9. The molecule has 0 spiro atoms. The highest BCUT2D eigenvalue weighted by molar-refractivity contribution is 7.94. The SMILES string of the molecule is O=S(=O)([N-]c1ccccc1Cl)c1ccccc1. The molecule has 0 heterocycles. The molecule has 0 aromatic heterocycles. The van der Waals surface area contributed by atoms with Gasteiger partial charge in [-0.05, 0) is 18.2 Å². The molecule has 0 amide bonds. The molecule has 0 aliphatic carbocycles. The summed E-state index contributed by atoms with van der Waals surface area (Å²) in [6.45, 7) is 0. The zero-order valence-electron chi connectivity index (χ0n) is 8.75. The van der Waals surface area contributed by atoms with E-state index in [2.05, 4.69) is 4.72 Å². The number of benzene rings is 2. The summed E-state index contributed by atoms with van der Waals surface area (Å²) in [6, 6.07) is 14.6. The lowest BCUT2D eigenvalue weighted by Gasteiger charge is -2.22. The fourth-order valence-electron chi connectivity index (χ4n) is 1.30. The second-order valence-corrected chi connectivity index (χ2v) is 5.34. The van der Waals surface area contributed by atoms with Crippen molar-refractivity contribution in [3.05, 3.63) is 64.3 Å². The summed E-state index contributed by atoms with van der Waals surface area (Å²) < 4.78 is 27.6. The Bertz CT molecular complexity index is 611. The number of hydrogen-bond donors (Lipinski definition) is 0. The molecule has 0 saturated carbocycles. The van der Waals surface area contributed by atoms with Gasteiger partial charge in [0.2, 0.25) is 0 Å². The highest BCUT2D eigenvalue weighted by Crippen LogP contribution is 2.33. The first kappa shape index (κ1) is 12.0. The van der Waals surface area contributed by atoms with Crippen LogP contribution >= 0.6 is 11.6 Å². The van der Waals surface area contributed by atoms with Crippen LogP contribution in [0.25, 0.3) is 4.72 Å². The van der Waals surface area contributed by atoms with E-state index in [0.717, 1.165) is 0 Å². The fraction of sp³-hybridized carbons (Fsp3) is 0. The zero-order chi connectivity index (χ0) is 12.3. The number of sulfonamides is 1. The first-order valence-electron chi connectivity index (χ1n) is 4.87. The summed E-state index contributed by atoms with van der Waals surface area (Å²) >= 11 is 5.86. The van der Waals surface area contributed by atoms with Crippen molar-refractivity contribution in [1.82, 2.24) is 0 Å². The van der Waals surface area contributed by atoms with Gasteiger partial charge in [0.1, 0.15) is 10.0 Å². The van der Waals surface area contributed by atoms with Gasteiger partial charge >= 0.3 is 0 Å². The van der Waals surface area contributed by atoms with Gasteiger partial charge in [-0.25, -0.2) is 8.42 Å². The Kier molecular flexibility index (Phi) is 3.36. The second kappa shape index (κ2) is 4.77. The van der Waals surface area contributed by atoms with E-state index in [4.69, 9.17) is 11.6 Å². The molecule has 2 aromatic carbocycles. The van der Waals surface area contributed by atoms with E-state index in [0.29, 0.717) is 5.02 Å². The van der Waals surface area contributed by atoms with Crippen LogP contribution in [0.5, 0.6) is 0 Å². The van der Waals surface area contributed by atoms with Crippen LogP contribution in [0.15, 0.2) is 59.5 Å². The summed E-state index contributed by atoms with van der Waals surface area (Å²) in [6.07, 6.45) is 0. The maximum Gasteiger partial charge on any atom is 0.123 e. The topological polar surface area (TPSA) is 48.2 Å². The van der Waals surface area contributed by atoms with Crippen LogP contribution in [0.1, 0.15) is 0 Å². The maximum absolute atomic E-state index is 11.9. The summed E-state index contributed by atoms with van der Waals surface area (Å²) in [5.41, 5.74) is 0.248. The van der Waals surface area contributed by atoms with Crippen LogP contribution < -0.4 is 0 Å². The lowest BCUT2D eigenvalue weighted by molar-refractivity contribution is 0.603. The number of hydrogen-bond acceptors (Lipinski definition) is 2. The molecule has 88 valence electrons. The van der Waals surface area contributed by atoms with Crippen molar-refractivity contribution < 1.29 is 8.42 Å². The molecule has 3 nitrogen and oxygen atoms in total. The lowest BCUT2D eigenvalue weighted by Crippen LogP contribution is -1.97. The minimum Gasteiger partial charge on any atom is -0.572 e. The molecule has 17 heavy (non-hydrogen) atoms. The average molecular weight is 267 g/mol. The molecule has 0 aliphatic rings. The van der Waals surface area contributed by atoms with Crippen LogP contribution in [0.4, 0.5) is 5.69 Å². The summed E-state index contributed by atoms with van der Waals surface area (Å²) in [5, 5.41) is 0.312. The first-order chi connectivity index (χ1) is 8.09. The molecule has 0 unspecified atom stereocenters. The van der Waals surface area contributed by atoms with Gasteiger partial charge in [-0.3, -0.25) is 0 Å². The van der Waals surface area contributed by atoms with Gasteiger partial charge in [-0.1, -0.05) is 48.0 Å². The van der Waals surface area contributed by atoms with Crippen molar-refractivity contribution in [1.29, 1.82) is 0 Å². The third kappa shape index (κ3) is 2.78. The van der Waals surface area contributed by atoms with Crippen LogP contribution in [0.3, 0.4) is 0 Å². The standard InChI is InChI=1S/C12H9ClNO2S/c13-11-8-4-5-9-12(11)14-17(15,16)10-6-2-1-3-7-10/h1-9H/q-1. The first-order valence-corrected chi connectivity index (χ1v) is 6.69. The molecule has 0 saturated heterocycles. The van der Waals surface area contributed by atoms with E-state index in [1.807, 2.05) is 0 Å². The lowest BCUT2D eigenvalue weighted by atomic mass is 10.3. The molecule has 0 aliphatic heterocycles. The molecule has 2 rings (SSSR count). The van der Waals surface area contributed by atoms with E-state index >= 15 is 0 Å². The Morgan fingerprint density at radius 1 is 0.882 bits per heavy atom. The van der Waals surface area contributed by atoms with Gasteiger partial charge in [0.05, 0.1) is 4.90 Å². The largest absolute Gasteiger partial charge is 0.572 e. The summed E-state index contributed by atoms with van der Waals surface area (Å²) in [5.74, 6) is 0. The Hall–Kier alpha value is -1.52. The molecular weight excluding hydrogens is 258 g/mol. The van der Waals surface area contributed by atoms with E-state index in [1.54, 1.807) is 42.5 Å². The molecule has 5 heteroatoms. The van der Waals surface area contributed by atoms with Crippen molar-refractivity contribution >= 4 is 27.3 Å².